The molecule has 0 aliphatic heterocycles. The largest absolute Gasteiger partial charge is 0.308 e. The number of nitrogens with zero attached hydrogens (tertiary/aromatic N) is 4. The van der Waals surface area contributed by atoms with Crippen LogP contribution in [0.3, 0.4) is 0 Å². The minimum absolute atomic E-state index is 0.0968. The van der Waals surface area contributed by atoms with Crippen LogP contribution in [0.4, 0.5) is 5.82 Å². The van der Waals surface area contributed by atoms with E-state index >= 15 is 0 Å². The molecule has 0 bridgehead atoms. The molecule has 0 radical (unpaired) electrons. The Labute approximate surface area is 123 Å². The Morgan fingerprint density at radius 2 is 2.16 bits per heavy atom. The Kier molecular flexibility index (Phi) is 4.10. The minimum atomic E-state index is -0.0968. The van der Waals surface area contributed by atoms with Crippen molar-refractivity contribution in [2.24, 2.45) is 5.84 Å². The zero-order valence-electron chi connectivity index (χ0n) is 10.5. The van der Waals surface area contributed by atoms with Gasteiger partial charge in [-0.1, -0.05) is 0 Å². The van der Waals surface area contributed by atoms with Crippen LogP contribution in [0.25, 0.3) is 0 Å². The molecule has 100 valence electrons. The van der Waals surface area contributed by atoms with E-state index in [9.17, 15) is 4.79 Å². The van der Waals surface area contributed by atoms with Gasteiger partial charge in [0.15, 0.2) is 5.82 Å². The lowest BCUT2D eigenvalue weighted by Crippen LogP contribution is -2.25. The summed E-state index contributed by atoms with van der Waals surface area (Å²) >= 11 is 1.99. The first kappa shape index (κ1) is 13.9. The van der Waals surface area contributed by atoms with Crippen LogP contribution in [0.2, 0.25) is 0 Å². The number of nitrogen functional groups attached to an aromatic ring is 1. The summed E-state index contributed by atoms with van der Waals surface area (Å²) in [6.07, 6.45) is 1.50. The summed E-state index contributed by atoms with van der Waals surface area (Å²) in [5.41, 5.74) is 3.87. The van der Waals surface area contributed by atoms with Crippen LogP contribution >= 0.6 is 22.6 Å². The molecule has 2 aromatic rings. The lowest BCUT2D eigenvalue weighted by atomic mass is 10.4. The number of anilines is 1. The molecule has 0 unspecified atom stereocenters. The zero-order valence-corrected chi connectivity index (χ0v) is 12.7. The highest BCUT2D eigenvalue weighted by Gasteiger charge is 2.08. The third-order valence-electron chi connectivity index (χ3n) is 2.52. The van der Waals surface area contributed by atoms with Gasteiger partial charge in [0.05, 0.1) is 22.1 Å². The van der Waals surface area contributed by atoms with Crippen molar-refractivity contribution < 1.29 is 0 Å². The van der Waals surface area contributed by atoms with E-state index < -0.39 is 0 Å². The maximum atomic E-state index is 12.1. The molecule has 19 heavy (non-hydrogen) atoms. The van der Waals surface area contributed by atoms with Gasteiger partial charge in [-0.25, -0.2) is 20.8 Å². The number of halogens is 1. The Hall–Kier alpha value is -1.55. The van der Waals surface area contributed by atoms with Crippen molar-refractivity contribution in [2.75, 3.05) is 5.43 Å². The van der Waals surface area contributed by atoms with Gasteiger partial charge in [-0.2, -0.15) is 0 Å². The average Bonchev–Trinajstić information content (AvgIpc) is 2.39. The van der Waals surface area contributed by atoms with Crippen LogP contribution in [-0.2, 0) is 6.54 Å². The second-order valence-electron chi connectivity index (χ2n) is 4.03. The molecule has 2 rings (SSSR count). The molecular formula is C11H13IN6O. The smallest absolute Gasteiger partial charge is 0.267 e. The number of hydrogen-bond donors (Lipinski definition) is 2. The SMILES string of the molecule is Cc1cc(NN)nc(Cn2cnc(C)c(I)c2=O)n1. The maximum absolute atomic E-state index is 12.1. The summed E-state index contributed by atoms with van der Waals surface area (Å²) < 4.78 is 2.08. The normalized spacial score (nSPS) is 10.5. The van der Waals surface area contributed by atoms with Gasteiger partial charge in [-0.15, -0.1) is 0 Å². The van der Waals surface area contributed by atoms with Gasteiger partial charge >= 0.3 is 0 Å². The maximum Gasteiger partial charge on any atom is 0.267 e. The molecule has 0 saturated heterocycles. The van der Waals surface area contributed by atoms with E-state index in [2.05, 4.69) is 20.4 Å². The number of hydrazine groups is 1. The second-order valence-corrected chi connectivity index (χ2v) is 5.11. The number of rotatable bonds is 3. The molecule has 2 aromatic heterocycles. The summed E-state index contributed by atoms with van der Waals surface area (Å²) in [6, 6.07) is 1.73. The van der Waals surface area contributed by atoms with Crippen LogP contribution in [0.1, 0.15) is 17.2 Å². The van der Waals surface area contributed by atoms with Crippen LogP contribution in [-0.4, -0.2) is 19.5 Å². The molecule has 0 aromatic carbocycles. The molecule has 0 atom stereocenters. The molecule has 8 heteroatoms. The Bertz CT molecular complexity index is 669. The molecule has 0 fully saturated rings. The first-order chi connectivity index (χ1) is 9.01. The van der Waals surface area contributed by atoms with Crippen LogP contribution < -0.4 is 16.8 Å². The van der Waals surface area contributed by atoms with E-state index in [0.717, 1.165) is 11.4 Å². The molecular weight excluding hydrogens is 359 g/mol. The number of hydrogen-bond acceptors (Lipinski definition) is 6. The average molecular weight is 372 g/mol. The van der Waals surface area contributed by atoms with Crippen LogP contribution in [0.5, 0.6) is 0 Å². The van der Waals surface area contributed by atoms with Gasteiger partial charge < -0.3 is 5.43 Å². The predicted octanol–water partition coefficient (Wildman–Crippen LogP) is 0.589. The van der Waals surface area contributed by atoms with Gasteiger partial charge in [0, 0.05) is 11.8 Å². The van der Waals surface area contributed by atoms with Gasteiger partial charge in [0.2, 0.25) is 0 Å². The Morgan fingerprint density at radius 3 is 2.84 bits per heavy atom. The summed E-state index contributed by atoms with van der Waals surface area (Å²) in [5, 5.41) is 0. The summed E-state index contributed by atoms with van der Waals surface area (Å²) in [7, 11) is 0. The fourth-order valence-electron chi connectivity index (χ4n) is 1.59. The molecule has 0 saturated carbocycles. The standard InChI is InChI=1S/C11H13IN6O/c1-6-3-8(17-13)16-9(15-6)4-18-5-14-7(2)10(12)11(18)19/h3,5H,4,13H2,1-2H3,(H,15,16,17). The van der Waals surface area contributed by atoms with Crippen molar-refractivity contribution in [3.63, 3.8) is 0 Å². The zero-order chi connectivity index (χ0) is 14.0. The van der Waals surface area contributed by atoms with E-state index in [0.29, 0.717) is 15.2 Å². The molecule has 7 nitrogen and oxygen atoms in total. The number of nitrogens with one attached hydrogen (secondary N) is 1. The summed E-state index contributed by atoms with van der Waals surface area (Å²) in [4.78, 5) is 24.7. The lowest BCUT2D eigenvalue weighted by Gasteiger charge is -2.08. The highest BCUT2D eigenvalue weighted by atomic mass is 127. The van der Waals surface area contributed by atoms with E-state index in [1.54, 1.807) is 13.0 Å². The molecule has 0 aliphatic rings. The topological polar surface area (TPSA) is 98.7 Å². The van der Waals surface area contributed by atoms with Crippen molar-refractivity contribution in [1.29, 1.82) is 0 Å². The van der Waals surface area contributed by atoms with Gasteiger partial charge in [0.25, 0.3) is 5.56 Å². The summed E-state index contributed by atoms with van der Waals surface area (Å²) in [5.74, 6) is 6.36. The van der Waals surface area contributed by atoms with Gasteiger partial charge in [-0.05, 0) is 36.4 Å². The van der Waals surface area contributed by atoms with E-state index in [4.69, 9.17) is 5.84 Å². The third kappa shape index (κ3) is 3.07. The molecule has 0 amide bonds. The highest BCUT2D eigenvalue weighted by molar-refractivity contribution is 14.1. The molecule has 0 spiro atoms. The Morgan fingerprint density at radius 1 is 1.42 bits per heavy atom. The first-order valence-electron chi connectivity index (χ1n) is 5.54. The molecule has 3 N–H and O–H groups in total. The fourth-order valence-corrected chi connectivity index (χ4v) is 2.03. The molecule has 0 aliphatic carbocycles. The van der Waals surface area contributed by atoms with E-state index in [1.807, 2.05) is 29.5 Å². The van der Waals surface area contributed by atoms with Crippen molar-refractivity contribution in [2.45, 2.75) is 20.4 Å². The van der Waals surface area contributed by atoms with Crippen molar-refractivity contribution in [3.8, 4) is 0 Å². The van der Waals surface area contributed by atoms with Crippen molar-refractivity contribution >= 4 is 28.4 Å². The second kappa shape index (κ2) is 5.61. The molecule has 2 heterocycles. The highest BCUT2D eigenvalue weighted by Crippen LogP contribution is 2.06. The predicted molar refractivity (Wildman–Crippen MR) is 79.6 cm³/mol. The van der Waals surface area contributed by atoms with Gasteiger partial charge in [0.1, 0.15) is 5.82 Å². The number of aryl methyl sites for hydroxylation is 2. The lowest BCUT2D eigenvalue weighted by molar-refractivity contribution is 0.685. The number of nitrogens with two attached hydrogens (primary N) is 1. The Balaban J connectivity index is 2.39. The van der Waals surface area contributed by atoms with E-state index in [1.165, 1.54) is 10.9 Å². The van der Waals surface area contributed by atoms with Gasteiger partial charge in [-0.3, -0.25) is 9.36 Å². The van der Waals surface area contributed by atoms with Crippen LogP contribution in [0, 0.1) is 17.4 Å². The summed E-state index contributed by atoms with van der Waals surface area (Å²) in [6.45, 7) is 3.90. The van der Waals surface area contributed by atoms with Crippen LogP contribution in [0.15, 0.2) is 17.2 Å². The first-order valence-corrected chi connectivity index (χ1v) is 6.62. The fraction of sp³-hybridized carbons (Fsp3) is 0.273. The minimum Gasteiger partial charge on any atom is -0.308 e. The third-order valence-corrected chi connectivity index (χ3v) is 3.76. The van der Waals surface area contributed by atoms with Crippen molar-refractivity contribution in [1.82, 2.24) is 19.5 Å². The number of aromatic nitrogens is 4. The quantitative estimate of drug-likeness (QED) is 0.465. The van der Waals surface area contributed by atoms with Crippen molar-refractivity contribution in [3.05, 3.63) is 43.5 Å². The monoisotopic (exact) mass is 372 g/mol. The van der Waals surface area contributed by atoms with E-state index in [-0.39, 0.29) is 12.1 Å².